The Morgan fingerprint density at radius 1 is 1.33 bits per heavy atom. The third kappa shape index (κ3) is 5.15. The summed E-state index contributed by atoms with van der Waals surface area (Å²) in [5, 5.41) is 12.1. The van der Waals surface area contributed by atoms with Gasteiger partial charge in [0.1, 0.15) is 6.04 Å². The van der Waals surface area contributed by atoms with E-state index in [1.807, 2.05) is 13.8 Å². The van der Waals surface area contributed by atoms with Crippen LogP contribution in [-0.2, 0) is 4.74 Å². The van der Waals surface area contributed by atoms with Gasteiger partial charge in [-0.25, -0.2) is 0 Å². The highest BCUT2D eigenvalue weighted by molar-refractivity contribution is 4.90. The average Bonchev–Trinajstić information content (AvgIpc) is 2.25. The largest absolute Gasteiger partial charge is 0.375 e. The topological polar surface area (TPSA) is 45.0 Å². The summed E-state index contributed by atoms with van der Waals surface area (Å²) >= 11 is 0. The quantitative estimate of drug-likeness (QED) is 0.756. The van der Waals surface area contributed by atoms with E-state index in [1.54, 1.807) is 0 Å². The van der Waals surface area contributed by atoms with E-state index in [0.717, 1.165) is 0 Å². The molecule has 0 bridgehead atoms. The number of nitrogens with zero attached hydrogens (tertiary/aromatic N) is 1. The number of nitrogens with one attached hydrogen (secondary N) is 1. The number of ether oxygens (including phenoxy) is 1. The molecule has 0 aliphatic heterocycles. The van der Waals surface area contributed by atoms with E-state index < -0.39 is 0 Å². The summed E-state index contributed by atoms with van der Waals surface area (Å²) in [6, 6.07) is 2.41. The molecule has 0 radical (unpaired) electrons. The van der Waals surface area contributed by atoms with Gasteiger partial charge in [0.15, 0.2) is 0 Å². The lowest BCUT2D eigenvalue weighted by Crippen LogP contribution is -2.38. The average molecular weight is 210 g/mol. The number of rotatable bonds is 5. The monoisotopic (exact) mass is 210 g/mol. The van der Waals surface area contributed by atoms with Crippen LogP contribution in [0.4, 0.5) is 0 Å². The van der Waals surface area contributed by atoms with Gasteiger partial charge in [-0.3, -0.25) is 5.32 Å². The molecule has 1 rings (SSSR count). The van der Waals surface area contributed by atoms with E-state index in [0.29, 0.717) is 18.8 Å². The lowest BCUT2D eigenvalue weighted by molar-refractivity contribution is 0.0218. The minimum absolute atomic E-state index is 0.160. The van der Waals surface area contributed by atoms with Crippen molar-refractivity contribution in [3.05, 3.63) is 0 Å². The smallest absolute Gasteiger partial charge is 0.119 e. The first kappa shape index (κ1) is 12.5. The van der Waals surface area contributed by atoms with Gasteiger partial charge in [0.2, 0.25) is 0 Å². The molecule has 1 atom stereocenters. The molecule has 1 unspecified atom stereocenters. The summed E-state index contributed by atoms with van der Waals surface area (Å²) in [5.41, 5.74) is 0. The van der Waals surface area contributed by atoms with Gasteiger partial charge in [-0.2, -0.15) is 5.26 Å². The van der Waals surface area contributed by atoms with Crippen LogP contribution in [0.2, 0.25) is 0 Å². The zero-order valence-electron chi connectivity index (χ0n) is 9.83. The van der Waals surface area contributed by atoms with Crippen LogP contribution in [0.15, 0.2) is 0 Å². The lowest BCUT2D eigenvalue weighted by Gasteiger charge is -2.24. The standard InChI is InChI=1S/C12H22N2O/c1-10(2)14-11(8-13)9-15-12-6-4-3-5-7-12/h10-12,14H,3-7,9H2,1-2H3. The second kappa shape index (κ2) is 6.81. The first-order valence-corrected chi connectivity index (χ1v) is 5.99. The summed E-state index contributed by atoms with van der Waals surface area (Å²) in [6.07, 6.45) is 6.62. The Bertz CT molecular complexity index is 204. The van der Waals surface area contributed by atoms with Crippen LogP contribution >= 0.6 is 0 Å². The minimum atomic E-state index is -0.160. The van der Waals surface area contributed by atoms with Crippen molar-refractivity contribution in [2.45, 2.75) is 64.1 Å². The van der Waals surface area contributed by atoms with E-state index in [4.69, 9.17) is 10.00 Å². The molecule has 1 N–H and O–H groups in total. The molecule has 0 saturated heterocycles. The van der Waals surface area contributed by atoms with Crippen molar-refractivity contribution in [2.24, 2.45) is 0 Å². The molecule has 0 aromatic carbocycles. The van der Waals surface area contributed by atoms with Gasteiger partial charge in [-0.05, 0) is 26.7 Å². The van der Waals surface area contributed by atoms with Crippen LogP contribution in [-0.4, -0.2) is 24.8 Å². The Morgan fingerprint density at radius 2 is 2.00 bits per heavy atom. The molecule has 0 aromatic rings. The van der Waals surface area contributed by atoms with Crippen molar-refractivity contribution < 1.29 is 4.74 Å². The molecule has 0 amide bonds. The molecule has 0 aromatic heterocycles. The number of nitriles is 1. The zero-order chi connectivity index (χ0) is 11.1. The maximum absolute atomic E-state index is 8.91. The molecule has 1 saturated carbocycles. The Hall–Kier alpha value is -0.590. The van der Waals surface area contributed by atoms with E-state index in [-0.39, 0.29) is 6.04 Å². The minimum Gasteiger partial charge on any atom is -0.375 e. The van der Waals surface area contributed by atoms with Crippen molar-refractivity contribution in [1.82, 2.24) is 5.32 Å². The van der Waals surface area contributed by atoms with Gasteiger partial charge >= 0.3 is 0 Å². The normalized spacial score (nSPS) is 20.1. The van der Waals surface area contributed by atoms with E-state index in [1.165, 1.54) is 32.1 Å². The first-order valence-electron chi connectivity index (χ1n) is 5.99. The van der Waals surface area contributed by atoms with Gasteiger partial charge in [0, 0.05) is 6.04 Å². The van der Waals surface area contributed by atoms with Crippen molar-refractivity contribution in [1.29, 1.82) is 5.26 Å². The van der Waals surface area contributed by atoms with Crippen LogP contribution < -0.4 is 5.32 Å². The second-order valence-electron chi connectivity index (χ2n) is 4.60. The van der Waals surface area contributed by atoms with Crippen LogP contribution in [0, 0.1) is 11.3 Å². The zero-order valence-corrected chi connectivity index (χ0v) is 9.83. The summed E-state index contributed by atoms with van der Waals surface area (Å²) in [6.45, 7) is 4.62. The first-order chi connectivity index (χ1) is 7.22. The fraction of sp³-hybridized carbons (Fsp3) is 0.917. The Kier molecular flexibility index (Phi) is 5.67. The summed E-state index contributed by atoms with van der Waals surface area (Å²) < 4.78 is 5.75. The van der Waals surface area contributed by atoms with Crippen molar-refractivity contribution in [2.75, 3.05) is 6.61 Å². The highest BCUT2D eigenvalue weighted by Gasteiger charge is 2.16. The maximum Gasteiger partial charge on any atom is 0.119 e. The molecule has 3 heteroatoms. The Balaban J connectivity index is 2.18. The summed E-state index contributed by atoms with van der Waals surface area (Å²) in [4.78, 5) is 0. The highest BCUT2D eigenvalue weighted by atomic mass is 16.5. The van der Waals surface area contributed by atoms with Crippen LogP contribution in [0.1, 0.15) is 46.0 Å². The predicted octanol–water partition coefficient (Wildman–Crippen LogP) is 2.23. The number of hydrogen-bond acceptors (Lipinski definition) is 3. The SMILES string of the molecule is CC(C)NC(C#N)COC1CCCCC1. The number of hydrogen-bond donors (Lipinski definition) is 1. The third-order valence-electron chi connectivity index (χ3n) is 2.74. The van der Waals surface area contributed by atoms with Crippen LogP contribution in [0.5, 0.6) is 0 Å². The van der Waals surface area contributed by atoms with Gasteiger partial charge < -0.3 is 4.74 Å². The summed E-state index contributed by atoms with van der Waals surface area (Å²) in [5.74, 6) is 0. The third-order valence-corrected chi connectivity index (χ3v) is 2.74. The van der Waals surface area contributed by atoms with E-state index >= 15 is 0 Å². The van der Waals surface area contributed by atoms with Gasteiger partial charge in [-0.15, -0.1) is 0 Å². The molecule has 15 heavy (non-hydrogen) atoms. The highest BCUT2D eigenvalue weighted by Crippen LogP contribution is 2.20. The summed E-state index contributed by atoms with van der Waals surface area (Å²) in [7, 11) is 0. The molecule has 0 spiro atoms. The second-order valence-corrected chi connectivity index (χ2v) is 4.60. The lowest BCUT2D eigenvalue weighted by atomic mass is 9.98. The van der Waals surface area contributed by atoms with Crippen molar-refractivity contribution in [3.8, 4) is 6.07 Å². The van der Waals surface area contributed by atoms with Gasteiger partial charge in [0.25, 0.3) is 0 Å². The molecule has 1 fully saturated rings. The fourth-order valence-corrected chi connectivity index (χ4v) is 1.99. The van der Waals surface area contributed by atoms with Crippen LogP contribution in [0.3, 0.4) is 0 Å². The molecular formula is C12H22N2O. The maximum atomic E-state index is 8.91. The molecule has 1 aliphatic rings. The Morgan fingerprint density at radius 3 is 2.53 bits per heavy atom. The Labute approximate surface area is 92.8 Å². The van der Waals surface area contributed by atoms with Crippen molar-refractivity contribution >= 4 is 0 Å². The molecular weight excluding hydrogens is 188 g/mol. The van der Waals surface area contributed by atoms with Crippen molar-refractivity contribution in [3.63, 3.8) is 0 Å². The van der Waals surface area contributed by atoms with Gasteiger partial charge in [-0.1, -0.05) is 19.3 Å². The van der Waals surface area contributed by atoms with E-state index in [9.17, 15) is 0 Å². The molecule has 86 valence electrons. The molecule has 3 nitrogen and oxygen atoms in total. The fourth-order valence-electron chi connectivity index (χ4n) is 1.99. The molecule has 0 heterocycles. The predicted molar refractivity (Wildman–Crippen MR) is 60.5 cm³/mol. The molecule has 1 aliphatic carbocycles. The van der Waals surface area contributed by atoms with Crippen LogP contribution in [0.25, 0.3) is 0 Å². The van der Waals surface area contributed by atoms with E-state index in [2.05, 4.69) is 11.4 Å². The van der Waals surface area contributed by atoms with Gasteiger partial charge in [0.05, 0.1) is 18.8 Å².